The third-order valence-electron chi connectivity index (χ3n) is 3.34. The maximum atomic E-state index is 11.5. The zero-order valence-corrected chi connectivity index (χ0v) is 12.7. The molecule has 5 nitrogen and oxygen atoms in total. The van der Waals surface area contributed by atoms with Crippen LogP contribution in [0.15, 0.2) is 53.4 Å². The van der Waals surface area contributed by atoms with Gasteiger partial charge in [-0.3, -0.25) is 0 Å². The summed E-state index contributed by atoms with van der Waals surface area (Å²) in [5.41, 5.74) is 8.01. The molecule has 2 rings (SSSR count). The molecule has 0 heterocycles. The van der Waals surface area contributed by atoms with Crippen LogP contribution in [0.2, 0.25) is 0 Å². The lowest BCUT2D eigenvalue weighted by Crippen LogP contribution is -2.23. The average molecular weight is 305 g/mol. The lowest BCUT2D eigenvalue weighted by atomic mass is 10.1. The van der Waals surface area contributed by atoms with Gasteiger partial charge in [-0.25, -0.2) is 13.6 Å². The fourth-order valence-electron chi connectivity index (χ4n) is 2.18. The van der Waals surface area contributed by atoms with Gasteiger partial charge >= 0.3 is 0 Å². The van der Waals surface area contributed by atoms with Crippen molar-refractivity contribution in [2.45, 2.75) is 11.3 Å². The van der Waals surface area contributed by atoms with Crippen LogP contribution < -0.4 is 15.8 Å². The Hall–Kier alpha value is -2.05. The molecule has 0 spiro atoms. The van der Waals surface area contributed by atoms with Gasteiger partial charge in [-0.2, -0.15) is 0 Å². The summed E-state index contributed by atoms with van der Waals surface area (Å²) in [6.45, 7) is 0.724. The van der Waals surface area contributed by atoms with Gasteiger partial charge in [0.2, 0.25) is 10.0 Å². The number of nitrogens with zero attached hydrogens (tertiary/aromatic N) is 1. The Labute approximate surface area is 125 Å². The number of likely N-dealkylation sites (N-methyl/N-ethyl adjacent to an activating group) is 1. The molecule has 6 heteroatoms. The normalized spacial score (nSPS) is 11.3. The van der Waals surface area contributed by atoms with E-state index in [0.29, 0.717) is 5.69 Å². The van der Waals surface area contributed by atoms with E-state index >= 15 is 0 Å². The van der Waals surface area contributed by atoms with Crippen LogP contribution in [-0.2, 0) is 16.4 Å². The lowest BCUT2D eigenvalue weighted by Gasteiger charge is -2.22. The predicted octanol–water partition coefficient (Wildman–Crippen LogP) is 1.60. The second kappa shape index (κ2) is 6.15. The number of sulfonamides is 1. The number of primary sulfonamides is 1. The van der Waals surface area contributed by atoms with Gasteiger partial charge in [0.25, 0.3) is 0 Å². The molecular weight excluding hydrogens is 286 g/mol. The van der Waals surface area contributed by atoms with E-state index < -0.39 is 10.0 Å². The standard InChI is InChI=1S/C15H19N3O2S/c1-18(11-10-12-6-3-2-4-7-12)13-8-5-9-14(15(13)16)21(17,19)20/h2-9H,10-11,16H2,1H3,(H2,17,19,20). The van der Waals surface area contributed by atoms with Crippen LogP contribution >= 0.6 is 0 Å². The van der Waals surface area contributed by atoms with E-state index in [4.69, 9.17) is 10.9 Å². The summed E-state index contributed by atoms with van der Waals surface area (Å²) in [7, 11) is -1.93. The van der Waals surface area contributed by atoms with Gasteiger partial charge in [0.15, 0.2) is 0 Å². The van der Waals surface area contributed by atoms with Crippen molar-refractivity contribution in [3.8, 4) is 0 Å². The van der Waals surface area contributed by atoms with Crippen molar-refractivity contribution in [1.29, 1.82) is 0 Å². The minimum absolute atomic E-state index is 0.0356. The van der Waals surface area contributed by atoms with E-state index in [-0.39, 0.29) is 10.6 Å². The van der Waals surface area contributed by atoms with E-state index in [9.17, 15) is 8.42 Å². The highest BCUT2D eigenvalue weighted by atomic mass is 32.2. The molecule has 0 saturated heterocycles. The number of hydrogen-bond acceptors (Lipinski definition) is 4. The van der Waals surface area contributed by atoms with Crippen LogP contribution in [0.4, 0.5) is 11.4 Å². The molecule has 0 fully saturated rings. The van der Waals surface area contributed by atoms with Crippen molar-refractivity contribution in [2.75, 3.05) is 24.2 Å². The molecular formula is C15H19N3O2S. The molecule has 0 saturated carbocycles. The molecule has 0 aliphatic heterocycles. The average Bonchev–Trinajstić information content (AvgIpc) is 2.45. The Balaban J connectivity index is 2.18. The summed E-state index contributed by atoms with van der Waals surface area (Å²) in [5, 5.41) is 5.17. The predicted molar refractivity (Wildman–Crippen MR) is 85.6 cm³/mol. The van der Waals surface area contributed by atoms with Crippen LogP contribution in [0.25, 0.3) is 0 Å². The first kappa shape index (κ1) is 15.3. The first-order chi connectivity index (χ1) is 9.89. The molecule has 2 aromatic carbocycles. The highest BCUT2D eigenvalue weighted by molar-refractivity contribution is 7.89. The minimum atomic E-state index is -3.81. The van der Waals surface area contributed by atoms with Crippen LogP contribution in [0.3, 0.4) is 0 Å². The Morgan fingerprint density at radius 3 is 2.33 bits per heavy atom. The second-order valence-corrected chi connectivity index (χ2v) is 6.42. The summed E-state index contributed by atoms with van der Waals surface area (Å²) in [5.74, 6) is 0. The summed E-state index contributed by atoms with van der Waals surface area (Å²) in [4.78, 5) is 1.89. The fourth-order valence-corrected chi connectivity index (χ4v) is 2.85. The van der Waals surface area contributed by atoms with Crippen LogP contribution in [-0.4, -0.2) is 22.0 Å². The maximum absolute atomic E-state index is 11.5. The Morgan fingerprint density at radius 1 is 1.05 bits per heavy atom. The quantitative estimate of drug-likeness (QED) is 0.821. The maximum Gasteiger partial charge on any atom is 0.240 e. The number of rotatable bonds is 5. The zero-order valence-electron chi connectivity index (χ0n) is 11.9. The summed E-state index contributed by atoms with van der Waals surface area (Å²) >= 11 is 0. The first-order valence-corrected chi connectivity index (χ1v) is 8.10. The van der Waals surface area contributed by atoms with Crippen molar-refractivity contribution in [2.24, 2.45) is 5.14 Å². The third kappa shape index (κ3) is 3.74. The van der Waals surface area contributed by atoms with E-state index in [1.165, 1.54) is 11.6 Å². The van der Waals surface area contributed by atoms with Crippen molar-refractivity contribution in [3.63, 3.8) is 0 Å². The molecule has 0 amide bonds. The Morgan fingerprint density at radius 2 is 1.71 bits per heavy atom. The summed E-state index contributed by atoms with van der Waals surface area (Å²) in [6.07, 6.45) is 0.844. The lowest BCUT2D eigenvalue weighted by molar-refractivity contribution is 0.598. The summed E-state index contributed by atoms with van der Waals surface area (Å²) < 4.78 is 23.0. The second-order valence-electron chi connectivity index (χ2n) is 4.89. The number of nitrogens with two attached hydrogens (primary N) is 2. The molecule has 2 aromatic rings. The van der Waals surface area contributed by atoms with E-state index in [1.54, 1.807) is 12.1 Å². The van der Waals surface area contributed by atoms with Crippen molar-refractivity contribution in [1.82, 2.24) is 0 Å². The fraction of sp³-hybridized carbons (Fsp3) is 0.200. The van der Waals surface area contributed by atoms with Gasteiger partial charge in [0.1, 0.15) is 4.90 Å². The highest BCUT2D eigenvalue weighted by Crippen LogP contribution is 2.28. The zero-order chi connectivity index (χ0) is 15.5. The molecule has 4 N–H and O–H groups in total. The Kier molecular flexibility index (Phi) is 4.50. The van der Waals surface area contributed by atoms with Gasteiger partial charge in [0, 0.05) is 13.6 Å². The SMILES string of the molecule is CN(CCc1ccccc1)c1cccc(S(N)(=O)=O)c1N. The first-order valence-electron chi connectivity index (χ1n) is 6.56. The van der Waals surface area contributed by atoms with E-state index in [2.05, 4.69) is 12.1 Å². The van der Waals surface area contributed by atoms with Crippen LogP contribution in [0.5, 0.6) is 0 Å². The monoisotopic (exact) mass is 305 g/mol. The molecule has 112 valence electrons. The molecule has 0 atom stereocenters. The van der Waals surface area contributed by atoms with Crippen LogP contribution in [0.1, 0.15) is 5.56 Å². The number of nitrogen functional groups attached to an aromatic ring is 1. The largest absolute Gasteiger partial charge is 0.396 e. The number of para-hydroxylation sites is 1. The molecule has 0 aromatic heterocycles. The highest BCUT2D eigenvalue weighted by Gasteiger charge is 2.16. The number of hydrogen-bond donors (Lipinski definition) is 2. The van der Waals surface area contributed by atoms with Gasteiger partial charge in [-0.1, -0.05) is 36.4 Å². The Bertz CT molecular complexity index is 715. The number of benzene rings is 2. The minimum Gasteiger partial charge on any atom is -0.396 e. The molecule has 0 radical (unpaired) electrons. The van der Waals surface area contributed by atoms with Crippen molar-refractivity contribution in [3.05, 3.63) is 54.1 Å². The molecule has 0 aliphatic rings. The summed E-state index contributed by atoms with van der Waals surface area (Å²) in [6, 6.07) is 14.9. The molecule has 0 bridgehead atoms. The van der Waals surface area contributed by atoms with E-state index in [1.807, 2.05) is 30.1 Å². The molecule has 0 unspecified atom stereocenters. The number of anilines is 2. The van der Waals surface area contributed by atoms with Gasteiger partial charge in [-0.15, -0.1) is 0 Å². The van der Waals surface area contributed by atoms with Crippen molar-refractivity contribution >= 4 is 21.4 Å². The van der Waals surface area contributed by atoms with Crippen molar-refractivity contribution < 1.29 is 8.42 Å². The van der Waals surface area contributed by atoms with Gasteiger partial charge < -0.3 is 10.6 Å². The third-order valence-corrected chi connectivity index (χ3v) is 4.31. The molecule has 21 heavy (non-hydrogen) atoms. The topological polar surface area (TPSA) is 89.4 Å². The van der Waals surface area contributed by atoms with E-state index in [0.717, 1.165) is 13.0 Å². The smallest absolute Gasteiger partial charge is 0.240 e. The molecule has 0 aliphatic carbocycles. The van der Waals surface area contributed by atoms with Gasteiger partial charge in [-0.05, 0) is 24.1 Å². The van der Waals surface area contributed by atoms with Gasteiger partial charge in [0.05, 0.1) is 11.4 Å². The van der Waals surface area contributed by atoms with Crippen LogP contribution in [0, 0.1) is 0 Å².